The fourth-order valence-electron chi connectivity index (χ4n) is 2.65. The summed E-state index contributed by atoms with van der Waals surface area (Å²) in [7, 11) is 0. The highest BCUT2D eigenvalue weighted by atomic mass is 32.2. The zero-order valence-corrected chi connectivity index (χ0v) is 15.8. The van der Waals surface area contributed by atoms with Crippen molar-refractivity contribution in [3.63, 3.8) is 0 Å². The summed E-state index contributed by atoms with van der Waals surface area (Å²) in [6.45, 7) is 0. The van der Waals surface area contributed by atoms with E-state index >= 15 is 0 Å². The Morgan fingerprint density at radius 1 is 0.862 bits per heavy atom. The number of thioether (sulfide) groups is 1. The lowest BCUT2D eigenvalue weighted by Crippen LogP contribution is -2.16. The van der Waals surface area contributed by atoms with Gasteiger partial charge in [-0.3, -0.25) is 25.0 Å². The van der Waals surface area contributed by atoms with Gasteiger partial charge in [0.25, 0.3) is 17.3 Å². The molecule has 146 valence electrons. The fourth-order valence-corrected chi connectivity index (χ4v) is 3.56. The van der Waals surface area contributed by atoms with Crippen molar-refractivity contribution in [3.8, 4) is 0 Å². The van der Waals surface area contributed by atoms with Gasteiger partial charge < -0.3 is 5.32 Å². The lowest BCUT2D eigenvalue weighted by molar-refractivity contribution is -0.394. The van der Waals surface area contributed by atoms with Crippen LogP contribution >= 0.6 is 11.8 Å². The molecular weight excluding hydrogens is 394 g/mol. The number of nitrogens with zero attached hydrogens (tertiary/aromatic N) is 2. The molecule has 3 aromatic rings. The minimum absolute atomic E-state index is 0.337. The molecule has 0 heterocycles. The lowest BCUT2D eigenvalue weighted by Gasteiger charge is -2.09. The van der Waals surface area contributed by atoms with Gasteiger partial charge in [0, 0.05) is 28.5 Å². The molecule has 3 aromatic carbocycles. The Hall–Kier alpha value is -3.72. The molecule has 0 bridgehead atoms. The van der Waals surface area contributed by atoms with E-state index < -0.39 is 32.7 Å². The average Bonchev–Trinajstić information content (AvgIpc) is 2.72. The molecule has 3 rings (SSSR count). The number of hydrogen-bond donors (Lipinski definition) is 1. The molecule has 9 heteroatoms. The van der Waals surface area contributed by atoms with Crippen LogP contribution in [-0.2, 0) is 5.75 Å². The van der Waals surface area contributed by atoms with E-state index in [1.54, 1.807) is 30.3 Å². The van der Waals surface area contributed by atoms with Gasteiger partial charge in [-0.15, -0.1) is 11.8 Å². The first-order chi connectivity index (χ1) is 14.0. The quantitative estimate of drug-likeness (QED) is 0.332. The number of amides is 1. The third-order valence-corrected chi connectivity index (χ3v) is 5.02. The molecule has 0 atom stereocenters. The van der Waals surface area contributed by atoms with Gasteiger partial charge in [-0.25, -0.2) is 0 Å². The van der Waals surface area contributed by atoms with E-state index in [2.05, 4.69) is 5.32 Å². The Morgan fingerprint density at radius 3 is 1.90 bits per heavy atom. The number of carbonyl (C=O) groups excluding carboxylic acids is 1. The summed E-state index contributed by atoms with van der Waals surface area (Å²) in [6, 6.07) is 20.0. The van der Waals surface area contributed by atoms with Gasteiger partial charge in [-0.1, -0.05) is 48.5 Å². The number of benzene rings is 3. The SMILES string of the molecule is O=C(Nc1ccccc1)c1c([N+](=O)[O-])cc(SCc2ccccc2)cc1[N+](=O)[O-]. The number of nitrogens with one attached hydrogen (secondary N) is 1. The summed E-state index contributed by atoms with van der Waals surface area (Å²) in [6.07, 6.45) is 0. The Bertz CT molecular complexity index is 1020. The standard InChI is InChI=1S/C20H15N3O5S/c24-20(21-15-9-5-2-6-10-15)19-17(22(25)26)11-16(12-18(19)23(27)28)29-13-14-7-3-1-4-8-14/h1-12H,13H2,(H,21,24). The highest BCUT2D eigenvalue weighted by Crippen LogP contribution is 2.36. The van der Waals surface area contributed by atoms with Crippen LogP contribution in [0.5, 0.6) is 0 Å². The number of nitro groups is 2. The largest absolute Gasteiger partial charge is 0.322 e. The van der Waals surface area contributed by atoms with Gasteiger partial charge in [0.05, 0.1) is 9.85 Å². The van der Waals surface area contributed by atoms with Gasteiger partial charge in [0.15, 0.2) is 5.56 Å². The highest BCUT2D eigenvalue weighted by Gasteiger charge is 2.32. The van der Waals surface area contributed by atoms with Crippen molar-refractivity contribution in [2.45, 2.75) is 10.6 Å². The van der Waals surface area contributed by atoms with Crippen molar-refractivity contribution in [1.82, 2.24) is 0 Å². The maximum absolute atomic E-state index is 12.6. The van der Waals surface area contributed by atoms with Crippen molar-refractivity contribution >= 4 is 34.7 Å². The van der Waals surface area contributed by atoms with Crippen LogP contribution in [0.25, 0.3) is 0 Å². The van der Waals surface area contributed by atoms with Gasteiger partial charge in [0.2, 0.25) is 0 Å². The van der Waals surface area contributed by atoms with E-state index in [0.717, 1.165) is 5.56 Å². The summed E-state index contributed by atoms with van der Waals surface area (Å²) in [5.74, 6) is -0.431. The Kier molecular flexibility index (Phi) is 6.20. The molecule has 0 saturated heterocycles. The first-order valence-electron chi connectivity index (χ1n) is 8.45. The topological polar surface area (TPSA) is 115 Å². The van der Waals surface area contributed by atoms with Crippen LogP contribution in [0.15, 0.2) is 77.7 Å². The van der Waals surface area contributed by atoms with Crippen LogP contribution in [0.3, 0.4) is 0 Å². The zero-order chi connectivity index (χ0) is 20.8. The van der Waals surface area contributed by atoms with E-state index in [-0.39, 0.29) is 0 Å². The second kappa shape index (κ2) is 8.98. The smallest absolute Gasteiger partial charge is 0.290 e. The molecule has 1 amide bonds. The third-order valence-electron chi connectivity index (χ3n) is 3.97. The monoisotopic (exact) mass is 409 g/mol. The molecular formula is C20H15N3O5S. The van der Waals surface area contributed by atoms with Gasteiger partial charge in [0.1, 0.15) is 0 Å². The molecule has 0 spiro atoms. The minimum Gasteiger partial charge on any atom is -0.322 e. The van der Waals surface area contributed by atoms with E-state index in [1.807, 2.05) is 30.3 Å². The van der Waals surface area contributed by atoms with Crippen LogP contribution in [0.1, 0.15) is 15.9 Å². The van der Waals surface area contributed by atoms with E-state index in [9.17, 15) is 25.0 Å². The van der Waals surface area contributed by atoms with Crippen molar-refractivity contribution in [2.75, 3.05) is 5.32 Å². The molecule has 0 aliphatic heterocycles. The molecule has 0 unspecified atom stereocenters. The molecule has 29 heavy (non-hydrogen) atoms. The molecule has 0 aliphatic carbocycles. The van der Waals surface area contributed by atoms with E-state index in [0.29, 0.717) is 16.3 Å². The zero-order valence-electron chi connectivity index (χ0n) is 15.0. The second-order valence-electron chi connectivity index (χ2n) is 5.95. The number of para-hydroxylation sites is 1. The molecule has 0 aromatic heterocycles. The molecule has 1 N–H and O–H groups in total. The van der Waals surface area contributed by atoms with E-state index in [4.69, 9.17) is 0 Å². The Morgan fingerprint density at radius 2 is 1.38 bits per heavy atom. The van der Waals surface area contributed by atoms with Gasteiger partial charge in [-0.2, -0.15) is 0 Å². The molecule has 0 fully saturated rings. The number of hydrogen-bond acceptors (Lipinski definition) is 6. The Balaban J connectivity index is 1.97. The van der Waals surface area contributed by atoms with Crippen molar-refractivity contribution in [2.24, 2.45) is 0 Å². The summed E-state index contributed by atoms with van der Waals surface area (Å²) in [5.41, 5.74) is -0.448. The van der Waals surface area contributed by atoms with Crippen molar-refractivity contribution in [3.05, 3.63) is 104 Å². The number of carbonyl (C=O) groups is 1. The van der Waals surface area contributed by atoms with Crippen molar-refractivity contribution in [1.29, 1.82) is 0 Å². The summed E-state index contributed by atoms with van der Waals surface area (Å²) >= 11 is 1.22. The molecule has 0 saturated carbocycles. The average molecular weight is 409 g/mol. The molecule has 0 aliphatic rings. The van der Waals surface area contributed by atoms with Gasteiger partial charge >= 0.3 is 0 Å². The maximum atomic E-state index is 12.6. The fraction of sp³-hybridized carbons (Fsp3) is 0.0500. The second-order valence-corrected chi connectivity index (χ2v) is 6.99. The predicted octanol–water partition coefficient (Wildman–Crippen LogP) is 5.05. The van der Waals surface area contributed by atoms with E-state index in [1.165, 1.54) is 23.9 Å². The summed E-state index contributed by atoms with van der Waals surface area (Å²) < 4.78 is 0. The van der Waals surface area contributed by atoms with Crippen LogP contribution < -0.4 is 5.32 Å². The first kappa shape index (κ1) is 20.0. The number of rotatable bonds is 7. The first-order valence-corrected chi connectivity index (χ1v) is 9.44. The van der Waals surface area contributed by atoms with Gasteiger partial charge in [-0.05, 0) is 17.7 Å². The highest BCUT2D eigenvalue weighted by molar-refractivity contribution is 7.98. The van der Waals surface area contributed by atoms with Crippen LogP contribution in [-0.4, -0.2) is 15.8 Å². The number of anilines is 1. The summed E-state index contributed by atoms with van der Waals surface area (Å²) in [4.78, 5) is 34.6. The predicted molar refractivity (Wildman–Crippen MR) is 110 cm³/mol. The normalized spacial score (nSPS) is 10.3. The van der Waals surface area contributed by atoms with Crippen molar-refractivity contribution < 1.29 is 14.6 Å². The minimum atomic E-state index is -0.908. The lowest BCUT2D eigenvalue weighted by atomic mass is 10.1. The molecule has 0 radical (unpaired) electrons. The number of nitro benzene ring substituents is 2. The van der Waals surface area contributed by atoms with Crippen LogP contribution in [0.4, 0.5) is 17.1 Å². The third kappa shape index (κ3) is 4.96. The maximum Gasteiger partial charge on any atom is 0.290 e. The summed E-state index contributed by atoms with van der Waals surface area (Å²) in [5, 5.41) is 25.6. The molecule has 8 nitrogen and oxygen atoms in total. The Labute approximate surface area is 169 Å². The van der Waals surface area contributed by atoms with Crippen LogP contribution in [0.2, 0.25) is 0 Å². The van der Waals surface area contributed by atoms with Crippen LogP contribution in [0, 0.1) is 20.2 Å².